The Morgan fingerprint density at radius 3 is 2.61 bits per heavy atom. The summed E-state index contributed by atoms with van der Waals surface area (Å²) >= 11 is 0. The highest BCUT2D eigenvalue weighted by atomic mass is 16.6. The van der Waals surface area contributed by atoms with E-state index >= 15 is 0 Å². The van der Waals surface area contributed by atoms with Crippen LogP contribution < -0.4 is 0 Å². The second-order valence-electron chi connectivity index (χ2n) is 4.96. The number of fused-ring (bicyclic) bond motifs is 1. The van der Waals surface area contributed by atoms with Crippen LogP contribution in [-0.2, 0) is 20.9 Å². The van der Waals surface area contributed by atoms with Crippen LogP contribution >= 0.6 is 0 Å². The molecule has 2 aliphatic heterocycles. The van der Waals surface area contributed by atoms with Gasteiger partial charge in [0, 0.05) is 13.1 Å². The number of esters is 2. The van der Waals surface area contributed by atoms with Gasteiger partial charge in [0.25, 0.3) is 0 Å². The molecule has 0 aromatic heterocycles. The molecule has 4 heteroatoms. The number of hydrogen-bond acceptors (Lipinski definition) is 4. The first-order valence-electron chi connectivity index (χ1n) is 6.26. The molecule has 0 spiro atoms. The summed E-state index contributed by atoms with van der Waals surface area (Å²) < 4.78 is 4.70. The molecule has 3 rings (SSSR count). The lowest BCUT2D eigenvalue weighted by molar-refractivity contribution is -0.153. The van der Waals surface area contributed by atoms with E-state index in [4.69, 9.17) is 4.74 Å². The molecule has 2 aliphatic rings. The maximum Gasteiger partial charge on any atom is 0.318 e. The van der Waals surface area contributed by atoms with Gasteiger partial charge in [-0.25, -0.2) is 0 Å². The smallest absolute Gasteiger partial charge is 0.318 e. The molecule has 2 fully saturated rings. The summed E-state index contributed by atoms with van der Waals surface area (Å²) in [5.41, 5.74) is 1.23. The van der Waals surface area contributed by atoms with E-state index in [1.165, 1.54) is 5.56 Å². The van der Waals surface area contributed by atoms with Crippen molar-refractivity contribution in [3.05, 3.63) is 35.9 Å². The summed E-state index contributed by atoms with van der Waals surface area (Å²) in [6.07, 6.45) is 0.724. The van der Waals surface area contributed by atoms with Crippen molar-refractivity contribution in [2.24, 2.45) is 11.8 Å². The first kappa shape index (κ1) is 11.4. The summed E-state index contributed by atoms with van der Waals surface area (Å²) in [6, 6.07) is 10.2. The van der Waals surface area contributed by atoms with E-state index in [2.05, 4.69) is 17.0 Å². The molecule has 94 valence electrons. The number of ether oxygens (including phenoxy) is 1. The van der Waals surface area contributed by atoms with Crippen LogP contribution in [0, 0.1) is 11.8 Å². The molecule has 4 nitrogen and oxygen atoms in total. The molecule has 1 aromatic rings. The van der Waals surface area contributed by atoms with Gasteiger partial charge >= 0.3 is 11.9 Å². The number of cyclic esters (lactones) is 2. The minimum atomic E-state index is -0.345. The Bertz CT molecular complexity index is 471. The minimum absolute atomic E-state index is 0.204. The maximum absolute atomic E-state index is 11.5. The Kier molecular flexibility index (Phi) is 2.88. The molecular weight excluding hydrogens is 230 g/mol. The lowest BCUT2D eigenvalue weighted by Gasteiger charge is -2.31. The van der Waals surface area contributed by atoms with Gasteiger partial charge < -0.3 is 4.74 Å². The quantitative estimate of drug-likeness (QED) is 0.580. The molecule has 18 heavy (non-hydrogen) atoms. The van der Waals surface area contributed by atoms with Gasteiger partial charge in [0.15, 0.2) is 0 Å². The van der Waals surface area contributed by atoms with Gasteiger partial charge in [-0.05, 0) is 18.5 Å². The molecule has 2 heterocycles. The molecule has 0 saturated carbocycles. The van der Waals surface area contributed by atoms with Crippen LogP contribution in [0.4, 0.5) is 0 Å². The second kappa shape index (κ2) is 4.53. The second-order valence-corrected chi connectivity index (χ2v) is 4.96. The summed E-state index contributed by atoms with van der Waals surface area (Å²) in [4.78, 5) is 25.2. The maximum atomic E-state index is 11.5. The predicted molar refractivity (Wildman–Crippen MR) is 64.4 cm³/mol. The summed E-state index contributed by atoms with van der Waals surface area (Å²) in [6.45, 7) is 2.30. The SMILES string of the molecule is O=C1OC(=O)C2CN(Cc3ccccc3)CCC12. The third kappa shape index (κ3) is 2.04. The number of hydrogen-bond donors (Lipinski definition) is 0. The lowest BCUT2D eigenvalue weighted by atomic mass is 9.87. The third-order valence-corrected chi connectivity index (χ3v) is 3.75. The van der Waals surface area contributed by atoms with Crippen molar-refractivity contribution >= 4 is 11.9 Å². The van der Waals surface area contributed by atoms with Gasteiger partial charge in [-0.2, -0.15) is 0 Å². The molecule has 2 atom stereocenters. The molecule has 0 amide bonds. The first-order valence-corrected chi connectivity index (χ1v) is 6.26. The Morgan fingerprint density at radius 1 is 1.11 bits per heavy atom. The Balaban J connectivity index is 1.67. The van der Waals surface area contributed by atoms with E-state index in [9.17, 15) is 9.59 Å². The van der Waals surface area contributed by atoms with Crippen LogP contribution in [0.3, 0.4) is 0 Å². The average Bonchev–Trinajstić information content (AvgIpc) is 2.66. The zero-order valence-corrected chi connectivity index (χ0v) is 10.0. The van der Waals surface area contributed by atoms with Gasteiger partial charge in [-0.1, -0.05) is 30.3 Å². The molecule has 2 saturated heterocycles. The Morgan fingerprint density at radius 2 is 1.83 bits per heavy atom. The summed E-state index contributed by atoms with van der Waals surface area (Å²) in [5, 5.41) is 0. The van der Waals surface area contributed by atoms with E-state index < -0.39 is 0 Å². The van der Waals surface area contributed by atoms with E-state index in [-0.39, 0.29) is 23.8 Å². The van der Waals surface area contributed by atoms with Crippen molar-refractivity contribution in [1.29, 1.82) is 0 Å². The van der Waals surface area contributed by atoms with Gasteiger partial charge in [0.05, 0.1) is 11.8 Å². The minimum Gasteiger partial charge on any atom is -0.393 e. The lowest BCUT2D eigenvalue weighted by Crippen LogP contribution is -2.41. The van der Waals surface area contributed by atoms with E-state index in [0.29, 0.717) is 6.54 Å². The standard InChI is InChI=1S/C14H15NO3/c16-13-11-6-7-15(9-12(11)14(17)18-13)8-10-4-2-1-3-5-10/h1-5,11-12H,6-9H2. The van der Waals surface area contributed by atoms with Crippen molar-refractivity contribution in [2.75, 3.05) is 13.1 Å². The van der Waals surface area contributed by atoms with Crippen molar-refractivity contribution in [1.82, 2.24) is 4.90 Å². The highest BCUT2D eigenvalue weighted by molar-refractivity contribution is 5.96. The van der Waals surface area contributed by atoms with E-state index in [1.54, 1.807) is 0 Å². The molecule has 0 aliphatic carbocycles. The van der Waals surface area contributed by atoms with Crippen molar-refractivity contribution in [3.63, 3.8) is 0 Å². The molecule has 0 bridgehead atoms. The van der Waals surface area contributed by atoms with Crippen molar-refractivity contribution in [3.8, 4) is 0 Å². The number of carbonyl (C=O) groups excluding carboxylic acids is 2. The van der Waals surface area contributed by atoms with Crippen LogP contribution in [-0.4, -0.2) is 29.9 Å². The Labute approximate surface area is 106 Å². The molecular formula is C14H15NO3. The van der Waals surface area contributed by atoms with Crippen LogP contribution in [0.2, 0.25) is 0 Å². The number of rotatable bonds is 2. The molecule has 0 radical (unpaired) electrons. The van der Waals surface area contributed by atoms with Gasteiger partial charge in [-0.15, -0.1) is 0 Å². The van der Waals surface area contributed by atoms with E-state index in [0.717, 1.165) is 19.5 Å². The fourth-order valence-corrected chi connectivity index (χ4v) is 2.78. The molecule has 1 aromatic carbocycles. The normalized spacial score (nSPS) is 28.0. The predicted octanol–water partition coefficient (Wildman–Crippen LogP) is 1.21. The number of benzene rings is 1. The van der Waals surface area contributed by atoms with Crippen LogP contribution in [0.25, 0.3) is 0 Å². The summed E-state index contributed by atoms with van der Waals surface area (Å²) in [7, 11) is 0. The van der Waals surface area contributed by atoms with E-state index in [1.807, 2.05) is 18.2 Å². The Hall–Kier alpha value is -1.68. The fourth-order valence-electron chi connectivity index (χ4n) is 2.78. The number of piperidine rings is 1. The number of nitrogens with zero attached hydrogens (tertiary/aromatic N) is 1. The van der Waals surface area contributed by atoms with Crippen LogP contribution in [0.1, 0.15) is 12.0 Å². The topological polar surface area (TPSA) is 46.6 Å². The van der Waals surface area contributed by atoms with Crippen molar-refractivity contribution in [2.45, 2.75) is 13.0 Å². The molecule has 2 unspecified atom stereocenters. The zero-order valence-electron chi connectivity index (χ0n) is 10.0. The number of carbonyl (C=O) groups is 2. The highest BCUT2D eigenvalue weighted by Crippen LogP contribution is 2.31. The first-order chi connectivity index (χ1) is 8.74. The third-order valence-electron chi connectivity index (χ3n) is 3.75. The highest BCUT2D eigenvalue weighted by Gasteiger charge is 2.47. The number of likely N-dealkylation sites (tertiary alicyclic amines) is 1. The van der Waals surface area contributed by atoms with Crippen LogP contribution in [0.5, 0.6) is 0 Å². The zero-order chi connectivity index (χ0) is 12.5. The largest absolute Gasteiger partial charge is 0.393 e. The van der Waals surface area contributed by atoms with Gasteiger partial charge in [-0.3, -0.25) is 14.5 Å². The average molecular weight is 245 g/mol. The molecule has 0 N–H and O–H groups in total. The fraction of sp³-hybridized carbons (Fsp3) is 0.429. The van der Waals surface area contributed by atoms with Crippen molar-refractivity contribution < 1.29 is 14.3 Å². The van der Waals surface area contributed by atoms with Crippen LogP contribution in [0.15, 0.2) is 30.3 Å². The van der Waals surface area contributed by atoms with Gasteiger partial charge in [0.2, 0.25) is 0 Å². The summed E-state index contributed by atoms with van der Waals surface area (Å²) in [5.74, 6) is -1.13. The van der Waals surface area contributed by atoms with Gasteiger partial charge in [0.1, 0.15) is 0 Å². The monoisotopic (exact) mass is 245 g/mol.